The maximum atomic E-state index is 12.4. The molecule has 3 rings (SSSR count). The van der Waals surface area contributed by atoms with E-state index in [4.69, 9.17) is 9.47 Å². The smallest absolute Gasteiger partial charge is 0.339 e. The van der Waals surface area contributed by atoms with Crippen molar-refractivity contribution in [2.75, 3.05) is 14.1 Å². The zero-order valence-electron chi connectivity index (χ0n) is 15.5. The minimum Gasteiger partial charge on any atom is -0.454 e. The van der Waals surface area contributed by atoms with Crippen LogP contribution in [0.5, 0.6) is 0 Å². The van der Waals surface area contributed by atoms with Crippen molar-refractivity contribution in [2.24, 2.45) is 0 Å². The third-order valence-corrected chi connectivity index (χ3v) is 4.46. The lowest BCUT2D eigenvalue weighted by molar-refractivity contribution is -0.137. The van der Waals surface area contributed by atoms with Gasteiger partial charge in [0.05, 0.1) is 11.1 Å². The van der Waals surface area contributed by atoms with E-state index < -0.39 is 24.1 Å². The highest BCUT2D eigenvalue weighted by molar-refractivity contribution is 5.96. The lowest BCUT2D eigenvalue weighted by atomic mass is 9.93. The molecular formula is C21H21NO5. The van der Waals surface area contributed by atoms with Gasteiger partial charge < -0.3 is 14.4 Å². The summed E-state index contributed by atoms with van der Waals surface area (Å²) in [7, 11) is 3.20. The number of hydrogen-bond donors (Lipinski definition) is 0. The van der Waals surface area contributed by atoms with E-state index in [1.807, 2.05) is 30.3 Å². The Morgan fingerprint density at radius 2 is 1.85 bits per heavy atom. The highest BCUT2D eigenvalue weighted by Crippen LogP contribution is 2.31. The molecule has 6 nitrogen and oxygen atoms in total. The van der Waals surface area contributed by atoms with E-state index in [9.17, 15) is 14.4 Å². The van der Waals surface area contributed by atoms with Crippen molar-refractivity contribution in [1.29, 1.82) is 0 Å². The summed E-state index contributed by atoms with van der Waals surface area (Å²) < 4.78 is 10.8. The number of benzene rings is 2. The van der Waals surface area contributed by atoms with Crippen molar-refractivity contribution >= 4 is 17.8 Å². The molecule has 2 aromatic carbocycles. The molecule has 0 fully saturated rings. The number of amides is 1. The molecule has 27 heavy (non-hydrogen) atoms. The number of likely N-dealkylation sites (N-methyl/N-ethyl adjacent to an activating group) is 1. The SMILES string of the molecule is C[C@H](OC(=O)c1ccc2c(c1)C[C@H](c1ccccc1)OC2=O)C(=O)N(C)C. The van der Waals surface area contributed by atoms with Crippen LogP contribution in [-0.2, 0) is 20.7 Å². The zero-order valence-corrected chi connectivity index (χ0v) is 15.5. The van der Waals surface area contributed by atoms with Gasteiger partial charge in [-0.1, -0.05) is 30.3 Å². The Labute approximate surface area is 157 Å². The number of carbonyl (C=O) groups excluding carboxylic acids is 3. The van der Waals surface area contributed by atoms with Crippen molar-refractivity contribution in [2.45, 2.75) is 25.6 Å². The van der Waals surface area contributed by atoms with Crippen molar-refractivity contribution < 1.29 is 23.9 Å². The zero-order chi connectivity index (χ0) is 19.6. The van der Waals surface area contributed by atoms with E-state index in [2.05, 4.69) is 0 Å². The molecule has 1 aliphatic rings. The first-order valence-electron chi connectivity index (χ1n) is 8.68. The molecular weight excluding hydrogens is 346 g/mol. The van der Waals surface area contributed by atoms with Gasteiger partial charge in [-0.25, -0.2) is 9.59 Å². The Bertz CT molecular complexity index is 875. The van der Waals surface area contributed by atoms with Gasteiger partial charge in [-0.15, -0.1) is 0 Å². The van der Waals surface area contributed by atoms with Crippen LogP contribution in [0.3, 0.4) is 0 Å². The second kappa shape index (κ2) is 7.61. The quantitative estimate of drug-likeness (QED) is 0.777. The predicted molar refractivity (Wildman–Crippen MR) is 98.3 cm³/mol. The summed E-state index contributed by atoms with van der Waals surface area (Å²) in [6, 6.07) is 14.2. The third kappa shape index (κ3) is 4.00. The Morgan fingerprint density at radius 3 is 2.52 bits per heavy atom. The van der Waals surface area contributed by atoms with Crippen LogP contribution in [0.15, 0.2) is 48.5 Å². The normalized spacial score (nSPS) is 16.7. The number of cyclic esters (lactones) is 1. The molecule has 2 atom stereocenters. The number of rotatable bonds is 4. The third-order valence-electron chi connectivity index (χ3n) is 4.46. The molecule has 0 N–H and O–H groups in total. The molecule has 0 saturated heterocycles. The standard InChI is InChI=1S/C21H21NO5/c1-13(19(23)22(2)3)26-20(24)15-9-10-17-16(11-15)12-18(27-21(17)25)14-7-5-4-6-8-14/h4-11,13,18H,12H2,1-3H3/t13-,18+/m0/s1. The van der Waals surface area contributed by atoms with Gasteiger partial charge in [0.15, 0.2) is 6.10 Å². The lowest BCUT2D eigenvalue weighted by Gasteiger charge is -2.25. The number of hydrogen-bond acceptors (Lipinski definition) is 5. The van der Waals surface area contributed by atoms with Gasteiger partial charge in [-0.05, 0) is 36.2 Å². The minimum absolute atomic E-state index is 0.297. The first-order valence-corrected chi connectivity index (χ1v) is 8.68. The van der Waals surface area contributed by atoms with Crippen molar-refractivity contribution in [3.63, 3.8) is 0 Å². The second-order valence-corrected chi connectivity index (χ2v) is 6.66. The van der Waals surface area contributed by atoms with Crippen LogP contribution < -0.4 is 0 Å². The predicted octanol–water partition coefficient (Wildman–Crippen LogP) is 2.77. The van der Waals surface area contributed by atoms with Crippen molar-refractivity contribution in [3.05, 3.63) is 70.8 Å². The average Bonchev–Trinajstić information content (AvgIpc) is 2.67. The molecule has 0 saturated carbocycles. The number of fused-ring (bicyclic) bond motifs is 1. The molecule has 0 aromatic heterocycles. The summed E-state index contributed by atoms with van der Waals surface area (Å²) in [5, 5.41) is 0. The first kappa shape index (κ1) is 18.6. The van der Waals surface area contributed by atoms with Crippen LogP contribution in [0.25, 0.3) is 0 Å². The number of ether oxygens (including phenoxy) is 2. The average molecular weight is 367 g/mol. The Kier molecular flexibility index (Phi) is 5.26. The van der Waals surface area contributed by atoms with Crippen LogP contribution in [0, 0.1) is 0 Å². The lowest BCUT2D eigenvalue weighted by Crippen LogP contribution is -2.35. The summed E-state index contributed by atoms with van der Waals surface area (Å²) in [5.41, 5.74) is 2.36. The van der Waals surface area contributed by atoms with Gasteiger partial charge in [-0.3, -0.25) is 4.79 Å². The van der Waals surface area contributed by atoms with Crippen LogP contribution in [-0.4, -0.2) is 42.9 Å². The molecule has 1 aliphatic heterocycles. The van der Waals surface area contributed by atoms with E-state index >= 15 is 0 Å². The van der Waals surface area contributed by atoms with Gasteiger partial charge in [0, 0.05) is 20.5 Å². The highest BCUT2D eigenvalue weighted by Gasteiger charge is 2.29. The van der Waals surface area contributed by atoms with Crippen LogP contribution in [0.1, 0.15) is 44.9 Å². The molecule has 0 spiro atoms. The highest BCUT2D eigenvalue weighted by atomic mass is 16.6. The topological polar surface area (TPSA) is 72.9 Å². The molecule has 2 aromatic rings. The molecule has 0 unspecified atom stereocenters. The van der Waals surface area contributed by atoms with E-state index in [0.29, 0.717) is 17.5 Å². The number of carbonyl (C=O) groups is 3. The fourth-order valence-corrected chi connectivity index (χ4v) is 3.02. The summed E-state index contributed by atoms with van der Waals surface area (Å²) >= 11 is 0. The number of nitrogens with zero attached hydrogens (tertiary/aromatic N) is 1. The minimum atomic E-state index is -0.884. The van der Waals surface area contributed by atoms with Gasteiger partial charge in [0.25, 0.3) is 5.91 Å². The molecule has 6 heteroatoms. The van der Waals surface area contributed by atoms with Crippen molar-refractivity contribution in [1.82, 2.24) is 4.90 Å². The van der Waals surface area contributed by atoms with Gasteiger partial charge >= 0.3 is 11.9 Å². The Hall–Kier alpha value is -3.15. The van der Waals surface area contributed by atoms with Crippen LogP contribution >= 0.6 is 0 Å². The monoisotopic (exact) mass is 367 g/mol. The number of esters is 2. The second-order valence-electron chi connectivity index (χ2n) is 6.66. The van der Waals surface area contributed by atoms with E-state index in [1.165, 1.54) is 17.9 Å². The van der Waals surface area contributed by atoms with Crippen LogP contribution in [0.2, 0.25) is 0 Å². The molecule has 1 amide bonds. The summed E-state index contributed by atoms with van der Waals surface area (Å²) in [6.45, 7) is 1.53. The molecule has 140 valence electrons. The van der Waals surface area contributed by atoms with E-state index in [-0.39, 0.29) is 5.91 Å². The van der Waals surface area contributed by atoms with Gasteiger partial charge in [-0.2, -0.15) is 0 Å². The maximum absolute atomic E-state index is 12.4. The molecule has 0 aliphatic carbocycles. The Morgan fingerprint density at radius 1 is 1.15 bits per heavy atom. The Balaban J connectivity index is 1.81. The fraction of sp³-hybridized carbons (Fsp3) is 0.286. The summed E-state index contributed by atoms with van der Waals surface area (Å²) in [4.78, 5) is 37.9. The first-order chi connectivity index (χ1) is 12.9. The largest absolute Gasteiger partial charge is 0.454 e. The van der Waals surface area contributed by atoms with Crippen molar-refractivity contribution in [3.8, 4) is 0 Å². The summed E-state index contributed by atoms with van der Waals surface area (Å²) in [5.74, 6) is -1.31. The summed E-state index contributed by atoms with van der Waals surface area (Å²) in [6.07, 6.45) is -0.810. The van der Waals surface area contributed by atoms with Crippen LogP contribution in [0.4, 0.5) is 0 Å². The van der Waals surface area contributed by atoms with Gasteiger partial charge in [0.1, 0.15) is 6.10 Å². The fourth-order valence-electron chi connectivity index (χ4n) is 3.02. The molecule has 0 radical (unpaired) electrons. The van der Waals surface area contributed by atoms with E-state index in [0.717, 1.165) is 11.1 Å². The maximum Gasteiger partial charge on any atom is 0.339 e. The van der Waals surface area contributed by atoms with Gasteiger partial charge in [0.2, 0.25) is 0 Å². The molecule has 0 bridgehead atoms. The molecule has 1 heterocycles. The van der Waals surface area contributed by atoms with E-state index in [1.54, 1.807) is 26.2 Å².